The van der Waals surface area contributed by atoms with Crippen LogP contribution in [0.15, 0.2) is 0 Å². The van der Waals surface area contributed by atoms with Crippen molar-refractivity contribution in [2.24, 2.45) is 17.1 Å². The van der Waals surface area contributed by atoms with E-state index in [1.807, 2.05) is 20.8 Å². The number of thiocarbonyl (C=S) groups is 1. The fourth-order valence-corrected chi connectivity index (χ4v) is 2.14. The Morgan fingerprint density at radius 2 is 2.00 bits per heavy atom. The Labute approximate surface area is 96.8 Å². The zero-order chi connectivity index (χ0) is 11.6. The van der Waals surface area contributed by atoms with Crippen molar-refractivity contribution < 1.29 is 4.79 Å². The van der Waals surface area contributed by atoms with Crippen molar-refractivity contribution in [1.29, 1.82) is 0 Å². The maximum absolute atomic E-state index is 11.8. The molecule has 15 heavy (non-hydrogen) atoms. The average Bonchev–Trinajstić information content (AvgIpc) is 2.50. The Balaban J connectivity index is 2.58. The smallest absolute Gasteiger partial charge is 0.225 e. The molecule has 1 amide bonds. The first-order valence-electron chi connectivity index (χ1n) is 5.42. The van der Waals surface area contributed by atoms with Crippen LogP contribution in [0.1, 0.15) is 40.0 Å². The van der Waals surface area contributed by atoms with E-state index >= 15 is 0 Å². The molecule has 1 aliphatic rings. The Hall–Kier alpha value is -0.640. The molecule has 3 N–H and O–H groups in total. The fourth-order valence-electron chi connectivity index (χ4n) is 1.86. The first-order valence-corrected chi connectivity index (χ1v) is 5.83. The van der Waals surface area contributed by atoms with Gasteiger partial charge in [0.05, 0.1) is 4.99 Å². The Kier molecular flexibility index (Phi) is 3.71. The van der Waals surface area contributed by atoms with Crippen LogP contribution in [0, 0.1) is 11.3 Å². The van der Waals surface area contributed by atoms with E-state index in [0.717, 1.165) is 19.3 Å². The van der Waals surface area contributed by atoms with Gasteiger partial charge in [-0.3, -0.25) is 4.79 Å². The average molecular weight is 228 g/mol. The monoisotopic (exact) mass is 228 g/mol. The predicted molar refractivity (Wildman–Crippen MR) is 65.5 cm³/mol. The molecule has 0 aromatic rings. The molecule has 1 aliphatic carbocycles. The number of hydrogen-bond acceptors (Lipinski definition) is 2. The van der Waals surface area contributed by atoms with Gasteiger partial charge in [0, 0.05) is 17.4 Å². The molecule has 1 fully saturated rings. The molecule has 0 bridgehead atoms. The summed E-state index contributed by atoms with van der Waals surface area (Å²) in [6, 6.07) is 0.147. The van der Waals surface area contributed by atoms with E-state index in [1.165, 1.54) is 0 Å². The topological polar surface area (TPSA) is 55.1 Å². The summed E-state index contributed by atoms with van der Waals surface area (Å²) in [5.41, 5.74) is 5.31. The lowest BCUT2D eigenvalue weighted by Crippen LogP contribution is -2.45. The van der Waals surface area contributed by atoms with Gasteiger partial charge in [0.2, 0.25) is 5.91 Å². The van der Waals surface area contributed by atoms with E-state index < -0.39 is 0 Å². The zero-order valence-electron chi connectivity index (χ0n) is 9.67. The van der Waals surface area contributed by atoms with Gasteiger partial charge in [-0.15, -0.1) is 0 Å². The van der Waals surface area contributed by atoms with Gasteiger partial charge >= 0.3 is 0 Å². The van der Waals surface area contributed by atoms with Crippen LogP contribution in [0.3, 0.4) is 0 Å². The third-order valence-corrected chi connectivity index (χ3v) is 3.18. The number of rotatable bonds is 2. The molecule has 2 atom stereocenters. The largest absolute Gasteiger partial charge is 0.393 e. The number of nitrogens with two attached hydrogens (primary N) is 1. The summed E-state index contributed by atoms with van der Waals surface area (Å²) in [6.07, 6.45) is 3.09. The number of carbonyl (C=O) groups is 1. The van der Waals surface area contributed by atoms with Gasteiger partial charge in [-0.25, -0.2) is 0 Å². The molecule has 0 heterocycles. The molecule has 0 radical (unpaired) electrons. The van der Waals surface area contributed by atoms with Gasteiger partial charge < -0.3 is 11.1 Å². The minimum atomic E-state index is -0.344. The van der Waals surface area contributed by atoms with Crippen molar-refractivity contribution in [3.63, 3.8) is 0 Å². The molecule has 0 saturated heterocycles. The van der Waals surface area contributed by atoms with Crippen molar-refractivity contribution in [1.82, 2.24) is 5.32 Å². The lowest BCUT2D eigenvalue weighted by atomic mass is 9.94. The van der Waals surface area contributed by atoms with E-state index in [2.05, 4.69) is 5.32 Å². The lowest BCUT2D eigenvalue weighted by molar-refractivity contribution is -0.129. The third-order valence-electron chi connectivity index (χ3n) is 2.88. The van der Waals surface area contributed by atoms with Crippen LogP contribution in [0.2, 0.25) is 0 Å². The lowest BCUT2D eigenvalue weighted by Gasteiger charge is -2.25. The summed E-state index contributed by atoms with van der Waals surface area (Å²) in [5.74, 6) is 0.266. The minimum Gasteiger partial charge on any atom is -0.393 e. The Morgan fingerprint density at radius 3 is 2.47 bits per heavy atom. The van der Waals surface area contributed by atoms with Gasteiger partial charge in [0.1, 0.15) is 0 Å². The van der Waals surface area contributed by atoms with E-state index in [9.17, 15) is 4.79 Å². The Morgan fingerprint density at radius 1 is 1.40 bits per heavy atom. The normalized spacial score (nSPS) is 26.3. The van der Waals surface area contributed by atoms with Gasteiger partial charge in [-0.1, -0.05) is 39.4 Å². The van der Waals surface area contributed by atoms with Crippen molar-refractivity contribution in [3.8, 4) is 0 Å². The standard InChI is InChI=1S/C11H20N2OS/c1-11(2,3)10(14)13-8-6-4-5-7(8)9(12)15/h7-8H,4-6H2,1-3H3,(H2,12,15)(H,13,14). The summed E-state index contributed by atoms with van der Waals surface area (Å²) >= 11 is 5.01. The van der Waals surface area contributed by atoms with Crippen molar-refractivity contribution in [2.45, 2.75) is 46.1 Å². The molecule has 3 nitrogen and oxygen atoms in total. The highest BCUT2D eigenvalue weighted by atomic mass is 32.1. The molecule has 1 rings (SSSR count). The van der Waals surface area contributed by atoms with Crippen LogP contribution in [-0.4, -0.2) is 16.9 Å². The van der Waals surface area contributed by atoms with Crippen LogP contribution in [-0.2, 0) is 4.79 Å². The van der Waals surface area contributed by atoms with Crippen LogP contribution < -0.4 is 11.1 Å². The molecular formula is C11H20N2OS. The molecule has 1 saturated carbocycles. The minimum absolute atomic E-state index is 0.0793. The van der Waals surface area contributed by atoms with Crippen molar-refractivity contribution in [2.75, 3.05) is 0 Å². The van der Waals surface area contributed by atoms with E-state index in [-0.39, 0.29) is 23.3 Å². The number of hydrogen-bond donors (Lipinski definition) is 2. The maximum Gasteiger partial charge on any atom is 0.225 e. The number of nitrogens with one attached hydrogen (secondary N) is 1. The molecule has 4 heteroatoms. The van der Waals surface area contributed by atoms with Crippen LogP contribution in [0.5, 0.6) is 0 Å². The molecule has 2 unspecified atom stereocenters. The van der Waals surface area contributed by atoms with Crippen LogP contribution >= 0.6 is 12.2 Å². The number of amides is 1. The first-order chi connectivity index (χ1) is 6.82. The molecule has 0 aromatic heterocycles. The van der Waals surface area contributed by atoms with Crippen LogP contribution in [0.4, 0.5) is 0 Å². The van der Waals surface area contributed by atoms with Crippen LogP contribution in [0.25, 0.3) is 0 Å². The van der Waals surface area contributed by atoms with Gasteiger partial charge in [0.15, 0.2) is 0 Å². The highest BCUT2D eigenvalue weighted by molar-refractivity contribution is 7.80. The van der Waals surface area contributed by atoms with E-state index in [1.54, 1.807) is 0 Å². The second kappa shape index (κ2) is 4.47. The summed E-state index contributed by atoms with van der Waals surface area (Å²) in [4.78, 5) is 12.3. The number of carbonyl (C=O) groups excluding carboxylic acids is 1. The van der Waals surface area contributed by atoms with Gasteiger partial charge in [-0.05, 0) is 12.8 Å². The highest BCUT2D eigenvalue weighted by Gasteiger charge is 2.33. The molecule has 0 spiro atoms. The predicted octanol–water partition coefficient (Wildman–Crippen LogP) is 1.60. The SMILES string of the molecule is CC(C)(C)C(=O)NC1CCCC1C(N)=S. The van der Waals surface area contributed by atoms with Crippen molar-refractivity contribution >= 4 is 23.1 Å². The second-order valence-corrected chi connectivity index (χ2v) is 5.74. The van der Waals surface area contributed by atoms with Crippen molar-refractivity contribution in [3.05, 3.63) is 0 Å². The maximum atomic E-state index is 11.8. The summed E-state index contributed by atoms with van der Waals surface area (Å²) in [7, 11) is 0. The summed E-state index contributed by atoms with van der Waals surface area (Å²) < 4.78 is 0. The van der Waals surface area contributed by atoms with E-state index in [0.29, 0.717) is 4.99 Å². The third kappa shape index (κ3) is 3.16. The summed E-state index contributed by atoms with van der Waals surface area (Å²) in [6.45, 7) is 5.73. The van der Waals surface area contributed by atoms with Gasteiger partial charge in [0.25, 0.3) is 0 Å². The quantitative estimate of drug-likeness (QED) is 0.706. The first kappa shape index (κ1) is 12.4. The molecule has 0 aromatic carbocycles. The molecule has 0 aliphatic heterocycles. The van der Waals surface area contributed by atoms with E-state index in [4.69, 9.17) is 18.0 Å². The molecular weight excluding hydrogens is 208 g/mol. The highest BCUT2D eigenvalue weighted by Crippen LogP contribution is 2.27. The second-order valence-electron chi connectivity index (χ2n) is 5.27. The van der Waals surface area contributed by atoms with Gasteiger partial charge in [-0.2, -0.15) is 0 Å². The fraction of sp³-hybridized carbons (Fsp3) is 0.818. The Bertz CT molecular complexity index is 270. The summed E-state index contributed by atoms with van der Waals surface area (Å²) in [5, 5.41) is 3.04. The zero-order valence-corrected chi connectivity index (χ0v) is 10.5. The molecule has 86 valence electrons.